The molecule has 2 aromatic rings. The Hall–Kier alpha value is -2.53. The van der Waals surface area contributed by atoms with E-state index in [0.717, 1.165) is 44.0 Å². The first kappa shape index (κ1) is 19.8. The molecule has 29 heavy (non-hydrogen) atoms. The van der Waals surface area contributed by atoms with Gasteiger partial charge in [0.1, 0.15) is 11.5 Å². The number of nitrogens with zero attached hydrogens (tertiary/aromatic N) is 2. The molecule has 0 saturated carbocycles. The Kier molecular flexibility index (Phi) is 5.76. The van der Waals surface area contributed by atoms with Crippen LogP contribution in [0, 0.1) is 0 Å². The summed E-state index contributed by atoms with van der Waals surface area (Å²) < 4.78 is 10.7. The molecule has 1 amide bonds. The van der Waals surface area contributed by atoms with E-state index in [-0.39, 0.29) is 11.9 Å². The summed E-state index contributed by atoms with van der Waals surface area (Å²) in [6.45, 7) is 4.38. The molecule has 2 fully saturated rings. The number of hydrogen-bond acceptors (Lipinski definition) is 4. The monoisotopic (exact) mass is 394 g/mol. The molecule has 0 N–H and O–H groups in total. The summed E-state index contributed by atoms with van der Waals surface area (Å²) in [6.07, 6.45) is 2.19. The van der Waals surface area contributed by atoms with Crippen LogP contribution in [-0.2, 0) is 11.3 Å². The standard InChI is InChI=1S/C24H30N2O3/c1-17(27)26-13-5-8-23-24(26)22(19-9-11-20(28-2)12-10-19)16-25(23)15-18-6-4-7-21(14-18)29-3/h4,6-7,9-12,14,22-24H,5,8,13,15-16H2,1-3H3/t22-,23-,24-/m1/s1. The van der Waals surface area contributed by atoms with Crippen molar-refractivity contribution in [2.75, 3.05) is 27.3 Å². The fourth-order valence-corrected chi connectivity index (χ4v) is 5.09. The first-order valence-corrected chi connectivity index (χ1v) is 10.4. The molecule has 2 heterocycles. The predicted molar refractivity (Wildman–Crippen MR) is 113 cm³/mol. The number of amides is 1. The zero-order chi connectivity index (χ0) is 20.4. The van der Waals surface area contributed by atoms with Gasteiger partial charge in [-0.3, -0.25) is 9.69 Å². The smallest absolute Gasteiger partial charge is 0.219 e. The molecule has 5 heteroatoms. The fourth-order valence-electron chi connectivity index (χ4n) is 5.09. The van der Waals surface area contributed by atoms with E-state index < -0.39 is 0 Å². The van der Waals surface area contributed by atoms with Gasteiger partial charge < -0.3 is 14.4 Å². The summed E-state index contributed by atoms with van der Waals surface area (Å²) >= 11 is 0. The maximum absolute atomic E-state index is 12.4. The van der Waals surface area contributed by atoms with E-state index in [4.69, 9.17) is 9.47 Å². The third-order valence-corrected chi connectivity index (χ3v) is 6.43. The van der Waals surface area contributed by atoms with Crippen LogP contribution in [0.5, 0.6) is 11.5 Å². The van der Waals surface area contributed by atoms with Crippen molar-refractivity contribution in [1.82, 2.24) is 9.80 Å². The van der Waals surface area contributed by atoms with Gasteiger partial charge in [0.2, 0.25) is 5.91 Å². The van der Waals surface area contributed by atoms with Crippen molar-refractivity contribution < 1.29 is 14.3 Å². The Bertz CT molecular complexity index is 851. The number of likely N-dealkylation sites (tertiary alicyclic amines) is 2. The zero-order valence-corrected chi connectivity index (χ0v) is 17.5. The van der Waals surface area contributed by atoms with Crippen LogP contribution in [0.4, 0.5) is 0 Å². The summed E-state index contributed by atoms with van der Waals surface area (Å²) in [4.78, 5) is 17.1. The molecule has 2 aliphatic heterocycles. The first-order chi connectivity index (χ1) is 14.1. The Labute approximate surface area is 173 Å². The minimum Gasteiger partial charge on any atom is -0.497 e. The predicted octanol–water partition coefficient (Wildman–Crippen LogP) is 3.68. The average molecular weight is 395 g/mol. The molecular weight excluding hydrogens is 364 g/mol. The molecule has 3 atom stereocenters. The van der Waals surface area contributed by atoms with Crippen molar-refractivity contribution in [2.24, 2.45) is 0 Å². The molecule has 0 spiro atoms. The van der Waals surface area contributed by atoms with E-state index >= 15 is 0 Å². The molecule has 0 aliphatic carbocycles. The molecular formula is C24H30N2O3. The highest BCUT2D eigenvalue weighted by atomic mass is 16.5. The van der Waals surface area contributed by atoms with Crippen molar-refractivity contribution in [3.8, 4) is 11.5 Å². The highest BCUT2D eigenvalue weighted by molar-refractivity contribution is 5.74. The van der Waals surface area contributed by atoms with Gasteiger partial charge in [-0.15, -0.1) is 0 Å². The van der Waals surface area contributed by atoms with Crippen molar-refractivity contribution in [3.63, 3.8) is 0 Å². The second kappa shape index (κ2) is 8.46. The first-order valence-electron chi connectivity index (χ1n) is 10.4. The van der Waals surface area contributed by atoms with Gasteiger partial charge in [0.25, 0.3) is 0 Å². The van der Waals surface area contributed by atoms with Gasteiger partial charge in [0.05, 0.1) is 20.3 Å². The maximum atomic E-state index is 12.4. The molecule has 4 rings (SSSR count). The molecule has 0 unspecified atom stereocenters. The topological polar surface area (TPSA) is 42.0 Å². The van der Waals surface area contributed by atoms with Gasteiger partial charge in [0.15, 0.2) is 0 Å². The van der Waals surface area contributed by atoms with Gasteiger partial charge in [-0.05, 0) is 48.2 Å². The van der Waals surface area contributed by atoms with Crippen LogP contribution in [0.2, 0.25) is 0 Å². The van der Waals surface area contributed by atoms with Gasteiger partial charge in [-0.25, -0.2) is 0 Å². The second-order valence-electron chi connectivity index (χ2n) is 8.07. The molecule has 2 aliphatic rings. The fraction of sp³-hybridized carbons (Fsp3) is 0.458. The Morgan fingerprint density at radius 2 is 1.83 bits per heavy atom. The van der Waals surface area contributed by atoms with E-state index in [2.05, 4.69) is 34.1 Å². The zero-order valence-electron chi connectivity index (χ0n) is 17.5. The number of hydrogen-bond donors (Lipinski definition) is 0. The van der Waals surface area contributed by atoms with Crippen LogP contribution in [0.15, 0.2) is 48.5 Å². The highest BCUT2D eigenvalue weighted by Crippen LogP contribution is 2.41. The maximum Gasteiger partial charge on any atom is 0.219 e. The number of methoxy groups -OCH3 is 2. The van der Waals surface area contributed by atoms with E-state index in [0.29, 0.717) is 12.0 Å². The lowest BCUT2D eigenvalue weighted by Gasteiger charge is -2.41. The lowest BCUT2D eigenvalue weighted by molar-refractivity contribution is -0.133. The number of carbonyl (C=O) groups is 1. The molecule has 154 valence electrons. The van der Waals surface area contributed by atoms with Gasteiger partial charge in [-0.2, -0.15) is 0 Å². The van der Waals surface area contributed by atoms with Crippen LogP contribution in [0.3, 0.4) is 0 Å². The summed E-state index contributed by atoms with van der Waals surface area (Å²) in [5.74, 6) is 2.24. The summed E-state index contributed by atoms with van der Waals surface area (Å²) in [5, 5.41) is 0. The van der Waals surface area contributed by atoms with Gasteiger partial charge >= 0.3 is 0 Å². The van der Waals surface area contributed by atoms with E-state index in [1.165, 1.54) is 11.1 Å². The minimum absolute atomic E-state index is 0.182. The Balaban J connectivity index is 1.64. The van der Waals surface area contributed by atoms with E-state index in [1.54, 1.807) is 21.1 Å². The third-order valence-electron chi connectivity index (χ3n) is 6.43. The SMILES string of the molecule is COc1ccc([C@H]2CN(Cc3cccc(OC)c3)[C@@H]3CCCN(C(C)=O)[C@H]23)cc1. The van der Waals surface area contributed by atoms with Crippen molar-refractivity contribution >= 4 is 5.91 Å². The lowest BCUT2D eigenvalue weighted by atomic mass is 9.86. The number of benzene rings is 2. The van der Waals surface area contributed by atoms with Gasteiger partial charge in [0, 0.05) is 38.5 Å². The van der Waals surface area contributed by atoms with Crippen molar-refractivity contribution in [1.29, 1.82) is 0 Å². The number of ether oxygens (including phenoxy) is 2. The molecule has 0 aromatic heterocycles. The molecule has 2 saturated heterocycles. The normalized spacial score (nSPS) is 24.2. The second-order valence-corrected chi connectivity index (χ2v) is 8.07. The Morgan fingerprint density at radius 3 is 2.52 bits per heavy atom. The number of carbonyl (C=O) groups excluding carboxylic acids is 1. The summed E-state index contributed by atoms with van der Waals surface area (Å²) in [5.41, 5.74) is 2.53. The van der Waals surface area contributed by atoms with Crippen LogP contribution in [0.1, 0.15) is 36.8 Å². The van der Waals surface area contributed by atoms with Crippen LogP contribution >= 0.6 is 0 Å². The quantitative estimate of drug-likeness (QED) is 0.776. The largest absolute Gasteiger partial charge is 0.497 e. The molecule has 5 nitrogen and oxygen atoms in total. The van der Waals surface area contributed by atoms with Crippen molar-refractivity contribution in [3.05, 3.63) is 59.7 Å². The minimum atomic E-state index is 0.182. The number of fused-ring (bicyclic) bond motifs is 1. The highest BCUT2D eigenvalue weighted by Gasteiger charge is 2.47. The number of rotatable bonds is 5. The van der Waals surface area contributed by atoms with Crippen molar-refractivity contribution in [2.45, 2.75) is 44.3 Å². The van der Waals surface area contributed by atoms with E-state index in [1.807, 2.05) is 24.3 Å². The number of piperidine rings is 1. The molecule has 2 aromatic carbocycles. The van der Waals surface area contributed by atoms with Crippen LogP contribution < -0.4 is 9.47 Å². The summed E-state index contributed by atoms with van der Waals surface area (Å²) in [6, 6.07) is 17.3. The molecule has 0 bridgehead atoms. The van der Waals surface area contributed by atoms with Crippen LogP contribution in [-0.4, -0.2) is 55.1 Å². The van der Waals surface area contributed by atoms with E-state index in [9.17, 15) is 4.79 Å². The third kappa shape index (κ3) is 3.97. The lowest BCUT2D eigenvalue weighted by Crippen LogP contribution is -2.52. The van der Waals surface area contributed by atoms with Crippen LogP contribution in [0.25, 0.3) is 0 Å². The average Bonchev–Trinajstić information content (AvgIpc) is 3.12. The van der Waals surface area contributed by atoms with Gasteiger partial charge in [-0.1, -0.05) is 24.3 Å². The summed E-state index contributed by atoms with van der Waals surface area (Å²) in [7, 11) is 3.39. The molecule has 0 radical (unpaired) electrons. The Morgan fingerprint density at radius 1 is 1.07 bits per heavy atom.